The van der Waals surface area contributed by atoms with Gasteiger partial charge in [-0.15, -0.1) is 0 Å². The van der Waals surface area contributed by atoms with E-state index in [1.165, 1.54) is 10.5 Å². The third kappa shape index (κ3) is 5.46. The summed E-state index contributed by atoms with van der Waals surface area (Å²) in [5, 5.41) is 2.92. The molecular formula is C29H30N4O3. The van der Waals surface area contributed by atoms with E-state index in [1.807, 2.05) is 60.2 Å². The molecule has 184 valence electrons. The lowest BCUT2D eigenvalue weighted by Crippen LogP contribution is -2.38. The number of anilines is 1. The molecule has 0 atom stereocenters. The van der Waals surface area contributed by atoms with Crippen LogP contribution in [0.5, 0.6) is 5.75 Å². The van der Waals surface area contributed by atoms with E-state index < -0.39 is 0 Å². The highest BCUT2D eigenvalue weighted by Gasteiger charge is 2.20. The third-order valence-electron chi connectivity index (χ3n) is 6.12. The van der Waals surface area contributed by atoms with Gasteiger partial charge in [0, 0.05) is 29.6 Å². The maximum Gasteiger partial charge on any atom is 0.254 e. The van der Waals surface area contributed by atoms with Gasteiger partial charge in [-0.05, 0) is 62.2 Å². The predicted octanol–water partition coefficient (Wildman–Crippen LogP) is 5.27. The highest BCUT2D eigenvalue weighted by molar-refractivity contribution is 5.99. The number of nitrogens with one attached hydrogen (secondary N) is 1. The van der Waals surface area contributed by atoms with Crippen molar-refractivity contribution in [2.24, 2.45) is 0 Å². The molecule has 0 radical (unpaired) electrons. The summed E-state index contributed by atoms with van der Waals surface area (Å²) in [5.41, 5.74) is 5.36. The van der Waals surface area contributed by atoms with Crippen molar-refractivity contribution < 1.29 is 14.3 Å². The third-order valence-corrected chi connectivity index (χ3v) is 6.12. The molecule has 7 nitrogen and oxygen atoms in total. The number of nitrogens with zero attached hydrogens (tertiary/aromatic N) is 3. The minimum absolute atomic E-state index is 0.104. The topological polar surface area (TPSA) is 76.5 Å². The van der Waals surface area contributed by atoms with Gasteiger partial charge in [0.2, 0.25) is 11.9 Å². The number of likely N-dealkylation sites (N-methyl/N-ethyl adjacent to an activating group) is 1. The molecule has 36 heavy (non-hydrogen) atoms. The Bertz CT molecular complexity index is 1380. The number of rotatable bonds is 8. The number of hydrogen-bond donors (Lipinski definition) is 1. The van der Waals surface area contributed by atoms with E-state index in [-0.39, 0.29) is 18.4 Å². The van der Waals surface area contributed by atoms with Crippen molar-refractivity contribution in [1.82, 2.24) is 14.5 Å². The molecule has 0 saturated carbocycles. The van der Waals surface area contributed by atoms with Crippen molar-refractivity contribution in [3.8, 4) is 22.7 Å². The van der Waals surface area contributed by atoms with Gasteiger partial charge in [0.05, 0.1) is 12.8 Å². The van der Waals surface area contributed by atoms with Gasteiger partial charge in [-0.3, -0.25) is 19.5 Å². The molecule has 1 heterocycles. The van der Waals surface area contributed by atoms with Crippen LogP contribution in [-0.4, -0.2) is 46.5 Å². The molecule has 4 aromatic rings. The Balaban J connectivity index is 1.60. The van der Waals surface area contributed by atoms with E-state index >= 15 is 0 Å². The average Bonchev–Trinajstić information content (AvgIpc) is 3.32. The second-order valence-corrected chi connectivity index (χ2v) is 8.55. The first-order chi connectivity index (χ1) is 17.4. The maximum absolute atomic E-state index is 13.1. The summed E-state index contributed by atoms with van der Waals surface area (Å²) in [5.74, 6) is 0.412. The fraction of sp³-hybridized carbons (Fsp3) is 0.207. The SMILES string of the molecule is CCN(CC(=O)Nc1nc(-c2ccccc2)cn1-c1ccc(C)c(C)c1)C(=O)c1cccc(OC)c1. The Morgan fingerprint density at radius 3 is 2.44 bits per heavy atom. The Kier molecular flexibility index (Phi) is 7.49. The monoisotopic (exact) mass is 482 g/mol. The van der Waals surface area contributed by atoms with Crippen molar-refractivity contribution in [2.45, 2.75) is 20.8 Å². The summed E-state index contributed by atoms with van der Waals surface area (Å²) in [6.07, 6.45) is 1.91. The Hall–Kier alpha value is -4.39. The second-order valence-electron chi connectivity index (χ2n) is 8.55. The van der Waals surface area contributed by atoms with Gasteiger partial charge < -0.3 is 9.64 Å². The summed E-state index contributed by atoms with van der Waals surface area (Å²) in [4.78, 5) is 32.4. The minimum Gasteiger partial charge on any atom is -0.497 e. The van der Waals surface area contributed by atoms with Gasteiger partial charge in [0.15, 0.2) is 0 Å². The number of aromatic nitrogens is 2. The molecule has 2 amide bonds. The number of aryl methyl sites for hydroxylation is 2. The summed E-state index contributed by atoms with van der Waals surface area (Å²) < 4.78 is 7.10. The number of benzene rings is 3. The van der Waals surface area contributed by atoms with E-state index in [1.54, 1.807) is 31.4 Å². The number of hydrogen-bond acceptors (Lipinski definition) is 4. The van der Waals surface area contributed by atoms with Crippen molar-refractivity contribution in [2.75, 3.05) is 25.5 Å². The predicted molar refractivity (Wildman–Crippen MR) is 142 cm³/mol. The molecule has 0 spiro atoms. The fourth-order valence-electron chi connectivity index (χ4n) is 3.89. The van der Waals surface area contributed by atoms with Crippen LogP contribution >= 0.6 is 0 Å². The van der Waals surface area contributed by atoms with Crippen molar-refractivity contribution >= 4 is 17.8 Å². The number of carbonyl (C=O) groups excluding carboxylic acids is 2. The van der Waals surface area contributed by atoms with E-state index in [4.69, 9.17) is 9.72 Å². The highest BCUT2D eigenvalue weighted by atomic mass is 16.5. The largest absolute Gasteiger partial charge is 0.497 e. The fourth-order valence-corrected chi connectivity index (χ4v) is 3.89. The molecule has 0 saturated heterocycles. The van der Waals surface area contributed by atoms with Crippen LogP contribution in [0, 0.1) is 13.8 Å². The molecule has 0 bridgehead atoms. The molecule has 0 unspecified atom stereocenters. The average molecular weight is 483 g/mol. The van der Waals surface area contributed by atoms with Crippen LogP contribution in [0.4, 0.5) is 5.95 Å². The minimum atomic E-state index is -0.330. The van der Waals surface area contributed by atoms with Crippen molar-refractivity contribution in [1.29, 1.82) is 0 Å². The first-order valence-electron chi connectivity index (χ1n) is 11.8. The van der Waals surface area contributed by atoms with Gasteiger partial charge in [0.25, 0.3) is 5.91 Å². The Morgan fingerprint density at radius 2 is 1.75 bits per heavy atom. The lowest BCUT2D eigenvalue weighted by atomic mass is 10.1. The molecule has 0 aliphatic carbocycles. The molecular weight excluding hydrogens is 452 g/mol. The molecule has 1 N–H and O–H groups in total. The zero-order valence-corrected chi connectivity index (χ0v) is 21.0. The van der Waals surface area contributed by atoms with Crippen molar-refractivity contribution in [3.63, 3.8) is 0 Å². The zero-order valence-electron chi connectivity index (χ0n) is 21.0. The lowest BCUT2D eigenvalue weighted by molar-refractivity contribution is -0.116. The molecule has 7 heteroatoms. The summed E-state index contributed by atoms with van der Waals surface area (Å²) in [6.45, 7) is 6.23. The van der Waals surface area contributed by atoms with Crippen LogP contribution in [0.3, 0.4) is 0 Å². The normalized spacial score (nSPS) is 10.7. The first kappa shape index (κ1) is 24.7. The van der Waals surface area contributed by atoms with Gasteiger partial charge in [0.1, 0.15) is 12.3 Å². The van der Waals surface area contributed by atoms with Crippen molar-refractivity contribution in [3.05, 3.63) is 95.7 Å². The highest BCUT2D eigenvalue weighted by Crippen LogP contribution is 2.25. The Morgan fingerprint density at radius 1 is 0.972 bits per heavy atom. The van der Waals surface area contributed by atoms with Crippen LogP contribution in [0.25, 0.3) is 16.9 Å². The van der Waals surface area contributed by atoms with E-state index in [9.17, 15) is 9.59 Å². The van der Waals surface area contributed by atoms with E-state index in [0.29, 0.717) is 23.8 Å². The summed E-state index contributed by atoms with van der Waals surface area (Å²) >= 11 is 0. The molecule has 4 rings (SSSR count). The molecule has 0 aliphatic rings. The number of methoxy groups -OCH3 is 1. The maximum atomic E-state index is 13.1. The molecule has 0 aliphatic heterocycles. The number of imidazole rings is 1. The standard InChI is InChI=1S/C29H30N4O3/c1-5-32(28(35)23-12-9-13-25(17-23)36-4)19-27(34)31-29-30-26(22-10-7-6-8-11-22)18-33(29)24-15-14-20(2)21(3)16-24/h6-18H,5,19H2,1-4H3,(H,30,31,34). The van der Waals surface area contributed by atoms with Crippen LogP contribution in [0.2, 0.25) is 0 Å². The lowest BCUT2D eigenvalue weighted by Gasteiger charge is -2.20. The smallest absolute Gasteiger partial charge is 0.254 e. The quantitative estimate of drug-likeness (QED) is 0.371. The van der Waals surface area contributed by atoms with Gasteiger partial charge in [-0.2, -0.15) is 0 Å². The van der Waals surface area contributed by atoms with E-state index in [2.05, 4.69) is 25.2 Å². The first-order valence-corrected chi connectivity index (χ1v) is 11.8. The molecule has 3 aromatic carbocycles. The van der Waals surface area contributed by atoms with Crippen LogP contribution < -0.4 is 10.1 Å². The summed E-state index contributed by atoms with van der Waals surface area (Å²) in [6, 6.07) is 22.8. The van der Waals surface area contributed by atoms with E-state index in [0.717, 1.165) is 22.5 Å². The number of carbonyl (C=O) groups is 2. The van der Waals surface area contributed by atoms with Gasteiger partial charge >= 0.3 is 0 Å². The van der Waals surface area contributed by atoms with Gasteiger partial charge in [-0.25, -0.2) is 4.98 Å². The molecule has 0 fully saturated rings. The second kappa shape index (κ2) is 10.9. The van der Waals surface area contributed by atoms with Crippen LogP contribution in [0.15, 0.2) is 79.0 Å². The van der Waals surface area contributed by atoms with Gasteiger partial charge in [-0.1, -0.05) is 42.5 Å². The van der Waals surface area contributed by atoms with Crippen LogP contribution in [0.1, 0.15) is 28.4 Å². The summed E-state index contributed by atoms with van der Waals surface area (Å²) in [7, 11) is 1.55. The molecule has 1 aromatic heterocycles. The number of amides is 2. The Labute approximate surface area is 211 Å². The van der Waals surface area contributed by atoms with Crippen LogP contribution in [-0.2, 0) is 4.79 Å². The zero-order chi connectivity index (χ0) is 25.7. The number of ether oxygens (including phenoxy) is 1.